The number of aromatic nitrogens is 1. The van der Waals surface area contributed by atoms with Gasteiger partial charge < -0.3 is 5.32 Å². The minimum Gasteiger partial charge on any atom is -0.349 e. The number of pyridine rings is 1. The summed E-state index contributed by atoms with van der Waals surface area (Å²) in [5.41, 5.74) is 4.20. The van der Waals surface area contributed by atoms with Gasteiger partial charge in [-0.05, 0) is 43.5 Å². The third kappa shape index (κ3) is 3.77. The number of hydrogen-bond donors (Lipinski definition) is 1. The summed E-state index contributed by atoms with van der Waals surface area (Å²) in [4.78, 5) is 18.9. The molecule has 0 spiro atoms. The van der Waals surface area contributed by atoms with Crippen LogP contribution in [0, 0.1) is 6.92 Å². The highest BCUT2D eigenvalue weighted by Crippen LogP contribution is 2.19. The van der Waals surface area contributed by atoms with Crippen molar-refractivity contribution in [1.82, 2.24) is 15.2 Å². The molecule has 1 aromatic carbocycles. The number of aryl methyl sites for hydroxylation is 1. The summed E-state index contributed by atoms with van der Waals surface area (Å²) in [6.07, 6.45) is 1.08. The van der Waals surface area contributed by atoms with E-state index in [0.717, 1.165) is 25.2 Å². The van der Waals surface area contributed by atoms with Crippen LogP contribution in [0.2, 0.25) is 0 Å². The van der Waals surface area contributed by atoms with Crippen molar-refractivity contribution in [1.29, 1.82) is 0 Å². The normalized spacial score (nSPS) is 15.7. The summed E-state index contributed by atoms with van der Waals surface area (Å²) in [6.45, 7) is 6.69. The first-order valence-electron chi connectivity index (χ1n) is 8.16. The maximum absolute atomic E-state index is 12.2. The lowest BCUT2D eigenvalue weighted by atomic mass is 9.99. The van der Waals surface area contributed by atoms with Crippen molar-refractivity contribution in [2.75, 3.05) is 13.1 Å². The second-order valence-electron chi connectivity index (χ2n) is 6.21. The van der Waals surface area contributed by atoms with Gasteiger partial charge in [-0.3, -0.25) is 9.69 Å². The first kappa shape index (κ1) is 15.7. The van der Waals surface area contributed by atoms with Crippen molar-refractivity contribution in [3.8, 4) is 0 Å². The largest absolute Gasteiger partial charge is 0.349 e. The third-order valence-electron chi connectivity index (χ3n) is 4.46. The monoisotopic (exact) mass is 309 g/mol. The highest BCUT2D eigenvalue weighted by Gasteiger charge is 2.20. The molecule has 3 rings (SSSR count). The van der Waals surface area contributed by atoms with E-state index >= 15 is 0 Å². The SMILES string of the molecule is Cc1cccc(C(=O)NCC(C)N2CCc3ccccc3C2)n1. The van der Waals surface area contributed by atoms with Crippen LogP contribution in [-0.4, -0.2) is 34.9 Å². The Kier molecular flexibility index (Phi) is 4.72. The molecule has 1 aromatic heterocycles. The molecule has 0 saturated heterocycles. The predicted molar refractivity (Wildman–Crippen MR) is 91.3 cm³/mol. The summed E-state index contributed by atoms with van der Waals surface area (Å²) >= 11 is 0. The molecule has 2 aromatic rings. The van der Waals surface area contributed by atoms with Gasteiger partial charge in [-0.25, -0.2) is 4.98 Å². The Morgan fingerprint density at radius 1 is 1.22 bits per heavy atom. The molecule has 1 aliphatic rings. The van der Waals surface area contributed by atoms with E-state index in [1.54, 1.807) is 6.07 Å². The molecule has 4 nitrogen and oxygen atoms in total. The molecule has 0 bridgehead atoms. The number of carbonyl (C=O) groups excluding carboxylic acids is 1. The molecule has 1 amide bonds. The van der Waals surface area contributed by atoms with Gasteiger partial charge in [-0.2, -0.15) is 0 Å². The molecule has 1 N–H and O–H groups in total. The number of fused-ring (bicyclic) bond motifs is 1. The smallest absolute Gasteiger partial charge is 0.269 e. The summed E-state index contributed by atoms with van der Waals surface area (Å²) in [5.74, 6) is -0.0991. The van der Waals surface area contributed by atoms with E-state index < -0.39 is 0 Å². The van der Waals surface area contributed by atoms with Crippen molar-refractivity contribution in [2.45, 2.75) is 32.9 Å². The highest BCUT2D eigenvalue weighted by atomic mass is 16.1. The average Bonchev–Trinajstić information content (AvgIpc) is 2.59. The lowest BCUT2D eigenvalue weighted by Crippen LogP contribution is -2.44. The van der Waals surface area contributed by atoms with Crippen molar-refractivity contribution in [3.63, 3.8) is 0 Å². The van der Waals surface area contributed by atoms with E-state index in [-0.39, 0.29) is 5.91 Å². The zero-order valence-corrected chi connectivity index (χ0v) is 13.7. The maximum atomic E-state index is 12.2. The molecule has 23 heavy (non-hydrogen) atoms. The maximum Gasteiger partial charge on any atom is 0.269 e. The minimum atomic E-state index is -0.0991. The summed E-state index contributed by atoms with van der Waals surface area (Å²) < 4.78 is 0. The van der Waals surface area contributed by atoms with Crippen molar-refractivity contribution >= 4 is 5.91 Å². The Labute approximate surface area is 137 Å². The van der Waals surface area contributed by atoms with E-state index in [2.05, 4.69) is 46.4 Å². The van der Waals surface area contributed by atoms with Crippen LogP contribution in [0.1, 0.15) is 34.2 Å². The van der Waals surface area contributed by atoms with E-state index in [1.807, 2.05) is 19.1 Å². The summed E-state index contributed by atoms with van der Waals surface area (Å²) in [5, 5.41) is 3.00. The van der Waals surface area contributed by atoms with Crippen molar-refractivity contribution < 1.29 is 4.79 Å². The first-order chi connectivity index (χ1) is 11.1. The van der Waals surface area contributed by atoms with Gasteiger partial charge in [-0.1, -0.05) is 30.3 Å². The third-order valence-corrected chi connectivity index (χ3v) is 4.46. The van der Waals surface area contributed by atoms with Crippen molar-refractivity contribution in [2.24, 2.45) is 0 Å². The number of rotatable bonds is 4. The van der Waals surface area contributed by atoms with Gasteiger partial charge in [0.2, 0.25) is 0 Å². The topological polar surface area (TPSA) is 45.2 Å². The first-order valence-corrected chi connectivity index (χ1v) is 8.16. The fraction of sp³-hybridized carbons (Fsp3) is 0.368. The molecule has 0 fully saturated rings. The fourth-order valence-corrected chi connectivity index (χ4v) is 3.02. The molecule has 120 valence electrons. The van der Waals surface area contributed by atoms with E-state index in [9.17, 15) is 4.79 Å². The van der Waals surface area contributed by atoms with Crippen LogP contribution in [-0.2, 0) is 13.0 Å². The number of nitrogens with one attached hydrogen (secondary N) is 1. The zero-order chi connectivity index (χ0) is 16.2. The molecule has 0 aliphatic carbocycles. The Balaban J connectivity index is 1.56. The van der Waals surface area contributed by atoms with E-state index in [1.165, 1.54) is 11.1 Å². The lowest BCUT2D eigenvalue weighted by Gasteiger charge is -2.33. The Hall–Kier alpha value is -2.20. The van der Waals surface area contributed by atoms with Gasteiger partial charge >= 0.3 is 0 Å². The molecule has 1 aliphatic heterocycles. The Bertz CT molecular complexity index is 699. The van der Waals surface area contributed by atoms with Gasteiger partial charge in [0.1, 0.15) is 5.69 Å². The number of amides is 1. The molecule has 0 radical (unpaired) electrons. The molecule has 1 atom stereocenters. The van der Waals surface area contributed by atoms with Gasteiger partial charge in [0.15, 0.2) is 0 Å². The highest BCUT2D eigenvalue weighted by molar-refractivity contribution is 5.92. The molecular weight excluding hydrogens is 286 g/mol. The number of hydrogen-bond acceptors (Lipinski definition) is 3. The quantitative estimate of drug-likeness (QED) is 0.944. The van der Waals surface area contributed by atoms with Gasteiger partial charge in [-0.15, -0.1) is 0 Å². The van der Waals surface area contributed by atoms with Crippen LogP contribution in [0.15, 0.2) is 42.5 Å². The summed E-state index contributed by atoms with van der Waals surface area (Å²) in [7, 11) is 0. The van der Waals surface area contributed by atoms with Gasteiger partial charge in [0.05, 0.1) is 0 Å². The van der Waals surface area contributed by atoms with Crippen LogP contribution in [0.25, 0.3) is 0 Å². The molecule has 1 unspecified atom stereocenters. The Morgan fingerprint density at radius 2 is 2.00 bits per heavy atom. The van der Waals surface area contributed by atoms with E-state index in [4.69, 9.17) is 0 Å². The van der Waals surface area contributed by atoms with Gasteiger partial charge in [0, 0.05) is 31.4 Å². The fourth-order valence-electron chi connectivity index (χ4n) is 3.02. The standard InChI is InChI=1S/C19H23N3O/c1-14-6-5-9-18(21-14)19(23)20-12-15(2)22-11-10-16-7-3-4-8-17(16)13-22/h3-9,15H,10-13H2,1-2H3,(H,20,23). The number of nitrogens with zero attached hydrogens (tertiary/aromatic N) is 2. The second kappa shape index (κ2) is 6.92. The molecular formula is C19H23N3O. The molecule has 2 heterocycles. The van der Waals surface area contributed by atoms with Gasteiger partial charge in [0.25, 0.3) is 5.91 Å². The molecule has 4 heteroatoms. The number of carbonyl (C=O) groups is 1. The second-order valence-corrected chi connectivity index (χ2v) is 6.21. The van der Waals surface area contributed by atoms with E-state index in [0.29, 0.717) is 18.3 Å². The average molecular weight is 309 g/mol. The number of benzene rings is 1. The zero-order valence-electron chi connectivity index (χ0n) is 13.7. The van der Waals surface area contributed by atoms with Crippen LogP contribution in [0.4, 0.5) is 0 Å². The molecule has 0 saturated carbocycles. The predicted octanol–water partition coefficient (Wildman–Crippen LogP) is 2.57. The minimum absolute atomic E-state index is 0.0991. The van der Waals surface area contributed by atoms with Crippen molar-refractivity contribution in [3.05, 3.63) is 65.0 Å². The van der Waals surface area contributed by atoms with Crippen LogP contribution >= 0.6 is 0 Å². The lowest BCUT2D eigenvalue weighted by molar-refractivity contribution is 0.0927. The van der Waals surface area contributed by atoms with Crippen LogP contribution in [0.5, 0.6) is 0 Å². The van der Waals surface area contributed by atoms with Crippen LogP contribution < -0.4 is 5.32 Å². The summed E-state index contributed by atoms with van der Waals surface area (Å²) in [6, 6.07) is 14.4. The Morgan fingerprint density at radius 3 is 2.78 bits per heavy atom. The van der Waals surface area contributed by atoms with Crippen LogP contribution in [0.3, 0.4) is 0 Å².